The molecule has 1 aliphatic rings. The number of nitrogens with one attached hydrogen (secondary N) is 1. The summed E-state index contributed by atoms with van der Waals surface area (Å²) >= 11 is 0. The Morgan fingerprint density at radius 2 is 1.88 bits per heavy atom. The largest absolute Gasteiger partial charge is 0.315 e. The van der Waals surface area contributed by atoms with E-state index >= 15 is 0 Å². The van der Waals surface area contributed by atoms with Crippen LogP contribution >= 0.6 is 0 Å². The van der Waals surface area contributed by atoms with Crippen LogP contribution in [0.1, 0.15) is 59.3 Å². The fourth-order valence-corrected chi connectivity index (χ4v) is 3.09. The molecule has 0 aromatic rings. The molecule has 1 aliphatic heterocycles. The minimum atomic E-state index is 0.362. The van der Waals surface area contributed by atoms with Crippen LogP contribution in [0.2, 0.25) is 0 Å². The Hall–Kier alpha value is -0.0800. The van der Waals surface area contributed by atoms with Gasteiger partial charge in [-0.1, -0.05) is 26.7 Å². The lowest BCUT2D eigenvalue weighted by atomic mass is 9.84. The second-order valence-electron chi connectivity index (χ2n) is 5.39. The van der Waals surface area contributed by atoms with Gasteiger partial charge in [0, 0.05) is 11.6 Å². The molecule has 2 unspecified atom stereocenters. The van der Waals surface area contributed by atoms with E-state index in [0.717, 1.165) is 0 Å². The molecule has 0 spiro atoms. The van der Waals surface area contributed by atoms with Gasteiger partial charge >= 0.3 is 0 Å². The lowest BCUT2D eigenvalue weighted by molar-refractivity contribution is 0.0826. The molecule has 2 nitrogen and oxygen atoms in total. The molecule has 2 atom stereocenters. The van der Waals surface area contributed by atoms with Crippen molar-refractivity contribution < 1.29 is 0 Å². The van der Waals surface area contributed by atoms with Crippen LogP contribution in [-0.2, 0) is 0 Å². The Labute approximate surface area is 102 Å². The van der Waals surface area contributed by atoms with Gasteiger partial charge in [0.05, 0.1) is 0 Å². The van der Waals surface area contributed by atoms with Gasteiger partial charge in [0.25, 0.3) is 0 Å². The Balaban J connectivity index is 2.66. The Morgan fingerprint density at radius 3 is 2.31 bits per heavy atom. The number of hydrogen-bond acceptors (Lipinski definition) is 2. The molecule has 0 aromatic heterocycles. The topological polar surface area (TPSA) is 15.3 Å². The third kappa shape index (κ3) is 2.98. The molecule has 96 valence electrons. The summed E-state index contributed by atoms with van der Waals surface area (Å²) in [6, 6.07) is 0.649. The first-order valence-electron chi connectivity index (χ1n) is 7.11. The maximum absolute atomic E-state index is 3.56. The van der Waals surface area contributed by atoms with Crippen molar-refractivity contribution in [3.63, 3.8) is 0 Å². The summed E-state index contributed by atoms with van der Waals surface area (Å²) in [6.45, 7) is 9.68. The van der Waals surface area contributed by atoms with Crippen molar-refractivity contribution in [2.24, 2.45) is 0 Å². The zero-order valence-corrected chi connectivity index (χ0v) is 11.7. The highest BCUT2D eigenvalue weighted by molar-refractivity contribution is 4.97. The molecule has 2 heteroatoms. The highest BCUT2D eigenvalue weighted by atomic mass is 15.2. The van der Waals surface area contributed by atoms with E-state index < -0.39 is 0 Å². The number of unbranched alkanes of at least 4 members (excludes halogenated alkanes) is 1. The second-order valence-corrected chi connectivity index (χ2v) is 5.39. The number of rotatable bonds is 7. The van der Waals surface area contributed by atoms with E-state index in [4.69, 9.17) is 0 Å². The average molecular weight is 226 g/mol. The molecule has 0 amide bonds. The predicted octanol–water partition coefficient (Wildman–Crippen LogP) is 3.03. The molecule has 16 heavy (non-hydrogen) atoms. The lowest BCUT2D eigenvalue weighted by Gasteiger charge is -2.44. The van der Waals surface area contributed by atoms with Crippen LogP contribution in [0.25, 0.3) is 0 Å². The zero-order valence-electron chi connectivity index (χ0n) is 11.7. The summed E-state index contributed by atoms with van der Waals surface area (Å²) in [4.78, 5) is 2.71. The highest BCUT2D eigenvalue weighted by Gasteiger charge is 2.37. The van der Waals surface area contributed by atoms with Gasteiger partial charge in [0.2, 0.25) is 0 Å². The fraction of sp³-hybridized carbons (Fsp3) is 1.00. The van der Waals surface area contributed by atoms with E-state index in [1.807, 2.05) is 0 Å². The van der Waals surface area contributed by atoms with Gasteiger partial charge in [-0.25, -0.2) is 0 Å². The van der Waals surface area contributed by atoms with E-state index in [1.54, 1.807) is 0 Å². The van der Waals surface area contributed by atoms with Gasteiger partial charge in [0.15, 0.2) is 0 Å². The minimum Gasteiger partial charge on any atom is -0.315 e. The maximum atomic E-state index is 3.56. The molecule has 1 rings (SSSR count). The van der Waals surface area contributed by atoms with Crippen LogP contribution in [-0.4, -0.2) is 36.6 Å². The van der Waals surface area contributed by atoms with Crippen molar-refractivity contribution in [2.75, 3.05) is 20.1 Å². The van der Waals surface area contributed by atoms with Gasteiger partial charge in [-0.3, -0.25) is 4.90 Å². The van der Waals surface area contributed by atoms with E-state index in [9.17, 15) is 0 Å². The Morgan fingerprint density at radius 1 is 1.25 bits per heavy atom. The van der Waals surface area contributed by atoms with E-state index in [-0.39, 0.29) is 0 Å². The third-order valence-corrected chi connectivity index (χ3v) is 4.49. The molecule has 0 bridgehead atoms. The molecule has 1 fully saturated rings. The molecule has 0 saturated carbocycles. The third-order valence-electron chi connectivity index (χ3n) is 4.49. The molecule has 1 N–H and O–H groups in total. The SMILES string of the molecule is CCCCC(NC)C(C)(CC)N1CCCC1. The summed E-state index contributed by atoms with van der Waals surface area (Å²) in [5.41, 5.74) is 0.362. The van der Waals surface area contributed by atoms with Crippen molar-refractivity contribution in [1.29, 1.82) is 0 Å². The summed E-state index contributed by atoms with van der Waals surface area (Å²) in [6.07, 6.45) is 7.99. The maximum Gasteiger partial charge on any atom is 0.0331 e. The van der Waals surface area contributed by atoms with Crippen LogP contribution in [0.3, 0.4) is 0 Å². The first kappa shape index (κ1) is 14.0. The minimum absolute atomic E-state index is 0.362. The summed E-state index contributed by atoms with van der Waals surface area (Å²) in [5.74, 6) is 0. The van der Waals surface area contributed by atoms with Crippen molar-refractivity contribution in [1.82, 2.24) is 10.2 Å². The van der Waals surface area contributed by atoms with E-state index in [1.165, 1.54) is 51.6 Å². The van der Waals surface area contributed by atoms with Crippen molar-refractivity contribution in [3.8, 4) is 0 Å². The molecule has 0 aliphatic carbocycles. The lowest BCUT2D eigenvalue weighted by Crippen LogP contribution is -2.57. The fourth-order valence-electron chi connectivity index (χ4n) is 3.09. The van der Waals surface area contributed by atoms with Gasteiger partial charge < -0.3 is 5.32 Å². The van der Waals surface area contributed by atoms with E-state index in [0.29, 0.717) is 11.6 Å². The number of nitrogens with zero attached hydrogens (tertiary/aromatic N) is 1. The molecular weight excluding hydrogens is 196 g/mol. The van der Waals surface area contributed by atoms with Crippen LogP contribution < -0.4 is 5.32 Å². The summed E-state index contributed by atoms with van der Waals surface area (Å²) in [7, 11) is 2.13. The molecule has 0 radical (unpaired) electrons. The summed E-state index contributed by atoms with van der Waals surface area (Å²) in [5, 5.41) is 3.56. The molecule has 1 heterocycles. The molecule has 1 saturated heterocycles. The van der Waals surface area contributed by atoms with Gasteiger partial charge in [-0.05, 0) is 52.7 Å². The van der Waals surface area contributed by atoms with Gasteiger partial charge in [-0.2, -0.15) is 0 Å². The first-order chi connectivity index (χ1) is 7.69. The number of likely N-dealkylation sites (tertiary alicyclic amines) is 1. The Kier molecular flexibility index (Phi) is 5.77. The van der Waals surface area contributed by atoms with Crippen molar-refractivity contribution in [3.05, 3.63) is 0 Å². The highest BCUT2D eigenvalue weighted by Crippen LogP contribution is 2.30. The quantitative estimate of drug-likeness (QED) is 0.718. The van der Waals surface area contributed by atoms with Crippen molar-refractivity contribution in [2.45, 2.75) is 70.9 Å². The van der Waals surface area contributed by atoms with Crippen LogP contribution in [0.4, 0.5) is 0 Å². The normalized spacial score (nSPS) is 23.2. The van der Waals surface area contributed by atoms with Gasteiger partial charge in [0.1, 0.15) is 0 Å². The second kappa shape index (κ2) is 6.61. The first-order valence-corrected chi connectivity index (χ1v) is 7.11. The van der Waals surface area contributed by atoms with Gasteiger partial charge in [-0.15, -0.1) is 0 Å². The number of hydrogen-bond donors (Lipinski definition) is 1. The zero-order chi connectivity index (χ0) is 12.0. The smallest absolute Gasteiger partial charge is 0.0331 e. The van der Waals surface area contributed by atoms with Crippen LogP contribution in [0.15, 0.2) is 0 Å². The standard InChI is InChI=1S/C14H30N2/c1-5-7-10-13(15-4)14(3,6-2)16-11-8-9-12-16/h13,15H,5-12H2,1-4H3. The van der Waals surface area contributed by atoms with Crippen molar-refractivity contribution >= 4 is 0 Å². The average Bonchev–Trinajstić information content (AvgIpc) is 2.83. The summed E-state index contributed by atoms with van der Waals surface area (Å²) < 4.78 is 0. The predicted molar refractivity (Wildman–Crippen MR) is 71.9 cm³/mol. The number of likely N-dealkylation sites (N-methyl/N-ethyl adjacent to an activating group) is 1. The monoisotopic (exact) mass is 226 g/mol. The Bertz CT molecular complexity index is 187. The van der Waals surface area contributed by atoms with Crippen LogP contribution in [0.5, 0.6) is 0 Å². The van der Waals surface area contributed by atoms with E-state index in [2.05, 4.69) is 38.0 Å². The molecular formula is C14H30N2. The molecule has 0 aromatic carbocycles. The van der Waals surface area contributed by atoms with Crippen LogP contribution in [0, 0.1) is 0 Å².